The molecule has 0 saturated heterocycles. The Balaban J connectivity index is -0.000000533. The van der Waals surface area contributed by atoms with Gasteiger partial charge in [0.25, 0.3) is 0 Å². The summed E-state index contributed by atoms with van der Waals surface area (Å²) in [4.78, 5) is 51.3. The van der Waals surface area contributed by atoms with Gasteiger partial charge in [-0.15, -0.1) is 0 Å². The molecule has 1 N–H and O–H groups in total. The molecule has 2 rings (SSSR count). The summed E-state index contributed by atoms with van der Waals surface area (Å²) in [5.41, 5.74) is 4.23. The Hall–Kier alpha value is 2.82. The Morgan fingerprint density at radius 1 is 0.727 bits per heavy atom. The van der Waals surface area contributed by atoms with Crippen molar-refractivity contribution in [2.24, 2.45) is 17.8 Å². The van der Waals surface area contributed by atoms with Gasteiger partial charge in [0.2, 0.25) is 0 Å². The standard InChI is InChI=1S/C29H50O2.3Ca.2H3O4P/c1-20(2)12-9-13-21(3)14-10-15-22(4)16-11-18-29(8)19-17-26-25(7)27(30)23(5)24(6)28(26)31-29;;;;2*1-5(2,3)4/h20-22,30H,9-19H2,1-8H3;;;;2*(H3,1,2,3,4)/q;3*+2;;/p-6/t21-,22-,29-;;;;;/m1...../s1. The summed E-state index contributed by atoms with van der Waals surface area (Å²) < 4.78 is 23.7. The molecular formula is C29H50Ca3O10P2. The first kappa shape index (κ1) is 53.6. The van der Waals surface area contributed by atoms with Crippen molar-refractivity contribution < 1.29 is 48.3 Å². The van der Waals surface area contributed by atoms with E-state index in [-0.39, 0.29) is 119 Å². The number of ether oxygens (including phenoxy) is 1. The molecule has 0 unspecified atom stereocenters. The predicted octanol–water partition coefficient (Wildman–Crippen LogP) is 2.05. The molecule has 0 spiro atoms. The van der Waals surface area contributed by atoms with Crippen LogP contribution in [0.5, 0.6) is 11.5 Å². The molecule has 15 heteroatoms. The van der Waals surface area contributed by atoms with E-state index in [1.54, 1.807) is 0 Å². The smallest absolute Gasteiger partial charge is 0.822 e. The molecule has 1 heterocycles. The molecule has 0 aromatic heterocycles. The normalized spacial score (nSPS) is 17.1. The quantitative estimate of drug-likeness (QED) is 0.244. The van der Waals surface area contributed by atoms with Crippen LogP contribution in [0.1, 0.15) is 121 Å². The van der Waals surface area contributed by atoms with Gasteiger partial charge in [-0.2, -0.15) is 15.6 Å². The number of phosphoric acid groups is 2. The van der Waals surface area contributed by atoms with Gasteiger partial charge in [0, 0.05) is 5.56 Å². The zero-order chi connectivity index (χ0) is 32.2. The van der Waals surface area contributed by atoms with Gasteiger partial charge in [-0.3, -0.25) is 0 Å². The third-order valence-corrected chi connectivity index (χ3v) is 7.87. The van der Waals surface area contributed by atoms with Crippen LogP contribution in [-0.2, 0) is 15.6 Å². The van der Waals surface area contributed by atoms with Crippen molar-refractivity contribution in [2.75, 3.05) is 0 Å². The van der Waals surface area contributed by atoms with Crippen LogP contribution in [-0.4, -0.2) is 124 Å². The molecule has 3 atom stereocenters. The fourth-order valence-corrected chi connectivity index (χ4v) is 5.27. The van der Waals surface area contributed by atoms with E-state index in [1.807, 2.05) is 13.8 Å². The topological polar surface area (TPSA) is 202 Å². The molecule has 1 aliphatic rings. The third-order valence-electron chi connectivity index (χ3n) is 7.87. The second kappa shape index (κ2) is 25.7. The van der Waals surface area contributed by atoms with Gasteiger partial charge >= 0.3 is 113 Å². The first-order valence-electron chi connectivity index (χ1n) is 14.5. The zero-order valence-electron chi connectivity index (χ0n) is 28.1. The minimum absolute atomic E-state index is 0. The SMILES string of the molecule is Cc1c(C)c2c(c(C)c1O)CC[C@@](C)(CCC[C@H](C)CCC[C@H](C)CCCC(C)C)O2.O=P([O-])([O-])[O-].O=P([O-])([O-])[O-].[Ca+2].[Ca+2].[Ca+2]. The largest absolute Gasteiger partial charge is 2.00 e. The van der Waals surface area contributed by atoms with E-state index in [9.17, 15) is 5.11 Å². The first-order valence-corrected chi connectivity index (χ1v) is 17.4. The Labute approximate surface area is 355 Å². The molecule has 10 nitrogen and oxygen atoms in total. The molecule has 0 fully saturated rings. The first-order chi connectivity index (χ1) is 18.5. The van der Waals surface area contributed by atoms with E-state index in [2.05, 4.69) is 41.5 Å². The average molecular weight is 741 g/mol. The molecule has 1 aromatic carbocycles. The van der Waals surface area contributed by atoms with Crippen molar-refractivity contribution >= 4 is 129 Å². The summed E-state index contributed by atoms with van der Waals surface area (Å²) in [5.74, 6) is 4.04. The van der Waals surface area contributed by atoms with Gasteiger partial charge in [0.15, 0.2) is 0 Å². The van der Waals surface area contributed by atoms with Crippen LogP contribution in [0.25, 0.3) is 0 Å². The van der Waals surface area contributed by atoms with E-state index < -0.39 is 15.6 Å². The van der Waals surface area contributed by atoms with Crippen molar-refractivity contribution in [3.63, 3.8) is 0 Å². The summed E-state index contributed by atoms with van der Waals surface area (Å²) in [7, 11) is -10.8. The predicted molar refractivity (Wildman–Crippen MR) is 167 cm³/mol. The number of fused-ring (bicyclic) bond motifs is 1. The number of phenolic OH excluding ortho intramolecular Hbond substituents is 1. The van der Waals surface area contributed by atoms with Crippen LogP contribution in [0.15, 0.2) is 0 Å². The molecule has 1 aliphatic heterocycles. The van der Waals surface area contributed by atoms with E-state index in [0.29, 0.717) is 5.75 Å². The fraction of sp³-hybridized carbons (Fsp3) is 0.793. The summed E-state index contributed by atoms with van der Waals surface area (Å²) in [6, 6.07) is 0. The minimum Gasteiger partial charge on any atom is -0.822 e. The van der Waals surface area contributed by atoms with E-state index >= 15 is 0 Å². The van der Waals surface area contributed by atoms with Crippen LogP contribution in [0.4, 0.5) is 0 Å². The van der Waals surface area contributed by atoms with Crippen molar-refractivity contribution in [3.8, 4) is 11.5 Å². The van der Waals surface area contributed by atoms with Crippen molar-refractivity contribution in [2.45, 2.75) is 132 Å². The maximum Gasteiger partial charge on any atom is 2.00 e. The zero-order valence-corrected chi connectivity index (χ0v) is 36.6. The molecular weight excluding hydrogens is 690 g/mol. The molecule has 0 radical (unpaired) electrons. The molecule has 0 aliphatic carbocycles. The second-order valence-electron chi connectivity index (χ2n) is 12.3. The Bertz CT molecular complexity index is 997. The van der Waals surface area contributed by atoms with Gasteiger partial charge in [-0.1, -0.05) is 72.6 Å². The monoisotopic (exact) mass is 740 g/mol. The maximum absolute atomic E-state index is 10.4. The molecule has 0 saturated carbocycles. The van der Waals surface area contributed by atoms with E-state index in [1.165, 1.54) is 56.9 Å². The van der Waals surface area contributed by atoms with Gasteiger partial charge in [-0.25, -0.2) is 0 Å². The summed E-state index contributed by atoms with van der Waals surface area (Å²) in [5, 5.41) is 10.4. The molecule has 242 valence electrons. The Morgan fingerprint density at radius 2 is 1.11 bits per heavy atom. The Morgan fingerprint density at radius 3 is 1.52 bits per heavy atom. The Kier molecular flexibility index (Phi) is 31.3. The van der Waals surface area contributed by atoms with Gasteiger partial charge in [0.05, 0.1) is 0 Å². The molecule has 0 bridgehead atoms. The van der Waals surface area contributed by atoms with Gasteiger partial charge in [0.1, 0.15) is 17.1 Å². The molecule has 44 heavy (non-hydrogen) atoms. The average Bonchev–Trinajstić information content (AvgIpc) is 2.79. The van der Waals surface area contributed by atoms with Crippen LogP contribution in [0.2, 0.25) is 0 Å². The van der Waals surface area contributed by atoms with Crippen molar-refractivity contribution in [1.82, 2.24) is 0 Å². The number of hydrogen-bond acceptors (Lipinski definition) is 10. The second-order valence-corrected chi connectivity index (χ2v) is 14.1. The number of phenols is 1. The summed E-state index contributed by atoms with van der Waals surface area (Å²) in [6.07, 6.45) is 14.1. The van der Waals surface area contributed by atoms with Crippen LogP contribution < -0.4 is 34.1 Å². The van der Waals surface area contributed by atoms with Crippen molar-refractivity contribution in [3.05, 3.63) is 22.3 Å². The molecule has 1 aromatic rings. The van der Waals surface area contributed by atoms with E-state index in [4.69, 9.17) is 43.2 Å². The number of hydrogen-bond donors (Lipinski definition) is 1. The number of benzene rings is 1. The summed E-state index contributed by atoms with van der Waals surface area (Å²) >= 11 is 0. The van der Waals surface area contributed by atoms with Crippen LogP contribution in [0.3, 0.4) is 0 Å². The summed E-state index contributed by atoms with van der Waals surface area (Å²) in [6.45, 7) is 17.9. The van der Waals surface area contributed by atoms with Gasteiger partial charge < -0.3 is 48.3 Å². The fourth-order valence-electron chi connectivity index (χ4n) is 5.27. The van der Waals surface area contributed by atoms with Crippen molar-refractivity contribution in [1.29, 1.82) is 0 Å². The van der Waals surface area contributed by atoms with E-state index in [0.717, 1.165) is 59.5 Å². The van der Waals surface area contributed by atoms with Gasteiger partial charge in [-0.05, 0) is 87.8 Å². The van der Waals surface area contributed by atoms with Crippen LogP contribution in [0, 0.1) is 38.5 Å². The minimum atomic E-state index is -5.39. The number of rotatable bonds is 12. The molecule has 0 amide bonds. The van der Waals surface area contributed by atoms with Crippen LogP contribution >= 0.6 is 15.6 Å². The third kappa shape index (κ3) is 26.7. The maximum atomic E-state index is 10.4. The number of aromatic hydroxyl groups is 1.